The third-order valence-electron chi connectivity index (χ3n) is 6.03. The Morgan fingerprint density at radius 3 is 2.50 bits per heavy atom. The van der Waals surface area contributed by atoms with Crippen LogP contribution < -0.4 is 0 Å². The first-order valence-electron chi connectivity index (χ1n) is 5.40. The molecular weight excluding hydrogens is 148 g/mol. The number of fused-ring (bicyclic) bond motifs is 1. The molecule has 0 heterocycles. The number of hydrogen-bond donors (Lipinski definition) is 0. The van der Waals surface area contributed by atoms with Crippen LogP contribution in [-0.2, 0) is 4.79 Å². The van der Waals surface area contributed by atoms with E-state index in [4.69, 9.17) is 0 Å². The lowest BCUT2D eigenvalue weighted by Gasteiger charge is -2.73. The summed E-state index contributed by atoms with van der Waals surface area (Å²) < 4.78 is 0. The quantitative estimate of drug-likeness (QED) is 0.522. The highest BCUT2D eigenvalue weighted by molar-refractivity contribution is 5.86. The van der Waals surface area contributed by atoms with Crippen LogP contribution in [0.3, 0.4) is 0 Å². The summed E-state index contributed by atoms with van der Waals surface area (Å²) in [5.41, 5.74) is 0. The monoisotopic (exact) mass is 160 g/mol. The Kier molecular flexibility index (Phi) is 0.547. The summed E-state index contributed by atoms with van der Waals surface area (Å²) in [5.74, 6) is 8.21. The number of ketones is 1. The maximum atomic E-state index is 11.7. The Morgan fingerprint density at radius 1 is 0.917 bits per heavy atom. The van der Waals surface area contributed by atoms with E-state index in [0.717, 1.165) is 47.8 Å². The summed E-state index contributed by atoms with van der Waals surface area (Å²) in [6.45, 7) is 0. The number of carbonyl (C=O) groups excluding carboxylic acids is 1. The van der Waals surface area contributed by atoms with Crippen molar-refractivity contribution < 1.29 is 4.79 Å². The van der Waals surface area contributed by atoms with Crippen LogP contribution in [0.2, 0.25) is 0 Å². The van der Waals surface area contributed by atoms with Gasteiger partial charge in [-0.15, -0.1) is 0 Å². The SMILES string of the molecule is O=C1CC2C3C4CC5C(C14)C2C53. The van der Waals surface area contributed by atoms with Gasteiger partial charge in [-0.3, -0.25) is 4.79 Å². The number of rotatable bonds is 0. The molecule has 0 N–H and O–H groups in total. The Balaban J connectivity index is 1.82. The number of carbonyl (C=O) groups is 1. The molecule has 62 valence electrons. The van der Waals surface area contributed by atoms with Gasteiger partial charge in [-0.1, -0.05) is 0 Å². The van der Waals surface area contributed by atoms with Gasteiger partial charge in [0, 0.05) is 12.3 Å². The molecule has 8 atom stereocenters. The van der Waals surface area contributed by atoms with Crippen LogP contribution in [0.25, 0.3) is 0 Å². The third kappa shape index (κ3) is 0.272. The van der Waals surface area contributed by atoms with E-state index in [1.54, 1.807) is 0 Å². The maximum absolute atomic E-state index is 11.7. The fourth-order valence-electron chi connectivity index (χ4n) is 6.11. The Bertz CT molecular complexity index is 319. The lowest BCUT2D eigenvalue weighted by Crippen LogP contribution is -2.72. The summed E-state index contributed by atoms with van der Waals surface area (Å²) in [6.07, 6.45) is 2.43. The zero-order chi connectivity index (χ0) is 7.61. The summed E-state index contributed by atoms with van der Waals surface area (Å²) in [4.78, 5) is 11.7. The van der Waals surface area contributed by atoms with Crippen molar-refractivity contribution >= 4 is 5.78 Å². The van der Waals surface area contributed by atoms with Gasteiger partial charge in [0.25, 0.3) is 0 Å². The molecule has 0 aromatic carbocycles. The van der Waals surface area contributed by atoms with Crippen molar-refractivity contribution in [1.29, 1.82) is 0 Å². The van der Waals surface area contributed by atoms with E-state index < -0.39 is 0 Å². The molecule has 4 bridgehead atoms. The molecule has 1 heteroatoms. The minimum absolute atomic E-state index is 0.583. The van der Waals surface area contributed by atoms with E-state index >= 15 is 0 Å². The maximum Gasteiger partial charge on any atom is 0.136 e. The molecule has 6 aliphatic rings. The Hall–Kier alpha value is -0.330. The van der Waals surface area contributed by atoms with Crippen LogP contribution in [-0.4, -0.2) is 5.78 Å². The van der Waals surface area contributed by atoms with Gasteiger partial charge < -0.3 is 0 Å². The molecule has 6 aliphatic carbocycles. The molecule has 6 saturated carbocycles. The van der Waals surface area contributed by atoms with Crippen molar-refractivity contribution in [3.05, 3.63) is 0 Å². The summed E-state index contributed by atoms with van der Waals surface area (Å²) in [5, 5.41) is 0. The van der Waals surface area contributed by atoms with Gasteiger partial charge >= 0.3 is 0 Å². The van der Waals surface area contributed by atoms with Gasteiger partial charge in [0.2, 0.25) is 0 Å². The smallest absolute Gasteiger partial charge is 0.136 e. The van der Waals surface area contributed by atoms with E-state index in [9.17, 15) is 4.79 Å². The fraction of sp³-hybridized carbons (Fsp3) is 0.909. The molecule has 0 aromatic heterocycles. The van der Waals surface area contributed by atoms with Gasteiger partial charge in [-0.2, -0.15) is 0 Å². The molecule has 1 nitrogen and oxygen atoms in total. The average molecular weight is 160 g/mol. The van der Waals surface area contributed by atoms with E-state index in [1.807, 2.05) is 0 Å². The van der Waals surface area contributed by atoms with Crippen LogP contribution in [0.15, 0.2) is 0 Å². The third-order valence-corrected chi connectivity index (χ3v) is 6.03. The van der Waals surface area contributed by atoms with Gasteiger partial charge in [0.1, 0.15) is 5.78 Å². The van der Waals surface area contributed by atoms with Crippen LogP contribution >= 0.6 is 0 Å². The number of Topliss-reactive ketones (excluding diaryl/α,β-unsaturated/α-hetero) is 1. The van der Waals surface area contributed by atoms with Crippen molar-refractivity contribution in [2.45, 2.75) is 12.8 Å². The van der Waals surface area contributed by atoms with Crippen molar-refractivity contribution in [3.8, 4) is 0 Å². The molecule has 6 rings (SSSR count). The average Bonchev–Trinajstić information content (AvgIpc) is 2.45. The van der Waals surface area contributed by atoms with Crippen LogP contribution in [0.4, 0.5) is 0 Å². The minimum atomic E-state index is 0.583. The Morgan fingerprint density at radius 2 is 1.75 bits per heavy atom. The molecule has 12 heavy (non-hydrogen) atoms. The van der Waals surface area contributed by atoms with Gasteiger partial charge in [0.05, 0.1) is 0 Å². The first-order chi connectivity index (χ1) is 5.88. The number of hydrogen-bond acceptors (Lipinski definition) is 1. The normalized spacial score (nSPS) is 79.2. The van der Waals surface area contributed by atoms with Crippen molar-refractivity contribution in [1.82, 2.24) is 0 Å². The molecular formula is C11H12O. The van der Waals surface area contributed by atoms with Crippen molar-refractivity contribution in [3.63, 3.8) is 0 Å². The second kappa shape index (κ2) is 1.21. The lowest BCUT2D eigenvalue weighted by molar-refractivity contribution is -0.256. The lowest BCUT2D eigenvalue weighted by atomic mass is 9.30. The van der Waals surface area contributed by atoms with Gasteiger partial charge in [-0.25, -0.2) is 0 Å². The van der Waals surface area contributed by atoms with Gasteiger partial charge in [0.15, 0.2) is 0 Å². The molecule has 6 fully saturated rings. The highest BCUT2D eigenvalue weighted by Gasteiger charge is 2.82. The minimum Gasteiger partial charge on any atom is -0.299 e. The predicted octanol–water partition coefficient (Wildman–Crippen LogP) is 1.33. The first-order valence-corrected chi connectivity index (χ1v) is 5.40. The predicted molar refractivity (Wildman–Crippen MR) is 42.2 cm³/mol. The molecule has 0 saturated heterocycles. The highest BCUT2D eigenvalue weighted by Crippen LogP contribution is 2.84. The largest absolute Gasteiger partial charge is 0.299 e. The molecule has 0 amide bonds. The zero-order valence-corrected chi connectivity index (χ0v) is 6.94. The Labute approximate surface area is 71.5 Å². The molecule has 0 radical (unpaired) electrons. The standard InChI is InChI=1S/C11H12O/c12-6-2-5-7-3-1-4-9(7)11(5)10(4)8(3)6/h3-5,7-11H,1-2H2. The molecule has 0 aromatic rings. The van der Waals surface area contributed by atoms with Crippen LogP contribution in [0, 0.1) is 47.3 Å². The molecule has 0 aliphatic heterocycles. The topological polar surface area (TPSA) is 17.1 Å². The highest BCUT2D eigenvalue weighted by atomic mass is 16.1. The van der Waals surface area contributed by atoms with Crippen molar-refractivity contribution in [2.75, 3.05) is 0 Å². The molecule has 0 spiro atoms. The van der Waals surface area contributed by atoms with Crippen LogP contribution in [0.1, 0.15) is 12.8 Å². The van der Waals surface area contributed by atoms with E-state index in [2.05, 4.69) is 0 Å². The van der Waals surface area contributed by atoms with Gasteiger partial charge in [-0.05, 0) is 47.8 Å². The van der Waals surface area contributed by atoms with Crippen molar-refractivity contribution in [2.24, 2.45) is 47.3 Å². The van der Waals surface area contributed by atoms with E-state index in [1.165, 1.54) is 6.42 Å². The summed E-state index contributed by atoms with van der Waals surface area (Å²) >= 11 is 0. The van der Waals surface area contributed by atoms with E-state index in [0.29, 0.717) is 11.7 Å². The molecule has 8 unspecified atom stereocenters. The summed E-state index contributed by atoms with van der Waals surface area (Å²) in [7, 11) is 0. The van der Waals surface area contributed by atoms with Crippen LogP contribution in [0.5, 0.6) is 0 Å². The van der Waals surface area contributed by atoms with E-state index in [-0.39, 0.29) is 0 Å². The summed E-state index contributed by atoms with van der Waals surface area (Å²) in [6, 6.07) is 0. The first kappa shape index (κ1) is 5.41. The fourth-order valence-corrected chi connectivity index (χ4v) is 6.11. The second-order valence-electron chi connectivity index (χ2n) is 5.73. The zero-order valence-electron chi connectivity index (χ0n) is 6.94. The second-order valence-corrected chi connectivity index (χ2v) is 5.73.